The maximum Gasteiger partial charge on any atom is 0.347 e. The van der Waals surface area contributed by atoms with Crippen LogP contribution in [-0.2, 0) is 23.8 Å². The predicted octanol–water partition coefficient (Wildman–Crippen LogP) is 3.39. The molecule has 0 spiro atoms. The second-order valence-electron chi connectivity index (χ2n) is 7.32. The molecular formula is C18H28O5. The summed E-state index contributed by atoms with van der Waals surface area (Å²) in [6.45, 7) is 10.8. The van der Waals surface area contributed by atoms with E-state index in [2.05, 4.69) is 0 Å². The average Bonchev–Trinajstić information content (AvgIpc) is 2.44. The Kier molecular flexibility index (Phi) is 6.03. The zero-order chi connectivity index (χ0) is 17.8. The molecule has 23 heavy (non-hydrogen) atoms. The number of rotatable bonds is 5. The van der Waals surface area contributed by atoms with Crippen LogP contribution in [-0.4, -0.2) is 30.8 Å². The van der Waals surface area contributed by atoms with Crippen molar-refractivity contribution in [1.29, 1.82) is 0 Å². The first-order valence-electron chi connectivity index (χ1n) is 7.83. The maximum absolute atomic E-state index is 12.0. The molecule has 0 aromatic carbocycles. The van der Waals surface area contributed by atoms with Crippen LogP contribution in [0.15, 0.2) is 24.0 Å². The second kappa shape index (κ2) is 7.20. The Labute approximate surface area is 138 Å². The van der Waals surface area contributed by atoms with Crippen LogP contribution >= 0.6 is 0 Å². The molecule has 0 fully saturated rings. The maximum atomic E-state index is 12.0. The Hall–Kier alpha value is -1.78. The van der Waals surface area contributed by atoms with Crippen molar-refractivity contribution in [3.63, 3.8) is 0 Å². The number of esters is 2. The van der Waals surface area contributed by atoms with E-state index in [4.69, 9.17) is 14.2 Å². The van der Waals surface area contributed by atoms with Crippen LogP contribution in [0.5, 0.6) is 0 Å². The molecule has 1 aliphatic carbocycles. The van der Waals surface area contributed by atoms with E-state index in [-0.39, 0.29) is 11.9 Å². The van der Waals surface area contributed by atoms with Crippen LogP contribution in [0.1, 0.15) is 48.0 Å². The topological polar surface area (TPSA) is 61.8 Å². The first kappa shape index (κ1) is 19.3. The Morgan fingerprint density at radius 2 is 1.83 bits per heavy atom. The van der Waals surface area contributed by atoms with Gasteiger partial charge >= 0.3 is 11.9 Å². The molecule has 0 aromatic rings. The normalized spacial score (nSPS) is 19.6. The van der Waals surface area contributed by atoms with Gasteiger partial charge in [-0.3, -0.25) is 4.79 Å². The molecule has 1 aliphatic rings. The summed E-state index contributed by atoms with van der Waals surface area (Å²) in [7, 11) is 1.38. The van der Waals surface area contributed by atoms with Gasteiger partial charge < -0.3 is 14.2 Å². The summed E-state index contributed by atoms with van der Waals surface area (Å²) >= 11 is 0. The van der Waals surface area contributed by atoms with Crippen LogP contribution in [0.2, 0.25) is 0 Å². The van der Waals surface area contributed by atoms with Gasteiger partial charge in [0.1, 0.15) is 11.4 Å². The third-order valence-corrected chi connectivity index (χ3v) is 3.73. The number of ether oxygens (including phenoxy) is 3. The van der Waals surface area contributed by atoms with Crippen LogP contribution in [0, 0.1) is 11.3 Å². The number of allylic oxidation sites excluding steroid dienone is 3. The fraction of sp³-hybridized carbons (Fsp3) is 0.667. The summed E-state index contributed by atoms with van der Waals surface area (Å²) < 4.78 is 15.9. The Morgan fingerprint density at radius 1 is 1.22 bits per heavy atom. The third-order valence-electron chi connectivity index (χ3n) is 3.73. The van der Waals surface area contributed by atoms with Gasteiger partial charge in [-0.05, 0) is 66.0 Å². The fourth-order valence-corrected chi connectivity index (χ4v) is 2.29. The molecule has 0 saturated carbocycles. The Balaban J connectivity index is 2.79. The molecule has 0 heterocycles. The van der Waals surface area contributed by atoms with Gasteiger partial charge in [0.2, 0.25) is 0 Å². The molecule has 130 valence electrons. The quantitative estimate of drug-likeness (QED) is 0.725. The first-order chi connectivity index (χ1) is 10.5. The third kappa shape index (κ3) is 5.41. The van der Waals surface area contributed by atoms with Crippen LogP contribution < -0.4 is 0 Å². The monoisotopic (exact) mass is 324 g/mol. The number of carbonyl (C=O) groups excluding carboxylic acids is 2. The van der Waals surface area contributed by atoms with Crippen LogP contribution in [0.3, 0.4) is 0 Å². The van der Waals surface area contributed by atoms with Crippen LogP contribution in [0.4, 0.5) is 0 Å². The lowest BCUT2D eigenvalue weighted by atomic mass is 9.75. The van der Waals surface area contributed by atoms with Crippen LogP contribution in [0.25, 0.3) is 0 Å². The minimum atomic E-state index is -0.717. The summed E-state index contributed by atoms with van der Waals surface area (Å²) in [5.41, 5.74) is -1.22. The molecule has 0 unspecified atom stereocenters. The smallest absolute Gasteiger partial charge is 0.347 e. The Morgan fingerprint density at radius 3 is 2.35 bits per heavy atom. The fourth-order valence-electron chi connectivity index (χ4n) is 2.29. The SMILES string of the molecule is COC(=O)C(C)(C)[C@H]1C=C(O[C@@H](C)C(=O)OC(C)(C)C)C=CC1. The van der Waals surface area contributed by atoms with Crippen molar-refractivity contribution in [3.8, 4) is 0 Å². The van der Waals surface area contributed by atoms with Crippen molar-refractivity contribution in [2.24, 2.45) is 11.3 Å². The lowest BCUT2D eigenvalue weighted by Gasteiger charge is -2.31. The first-order valence-corrected chi connectivity index (χ1v) is 7.83. The highest BCUT2D eigenvalue weighted by molar-refractivity contribution is 5.77. The van der Waals surface area contributed by atoms with Gasteiger partial charge in [-0.1, -0.05) is 6.08 Å². The van der Waals surface area contributed by atoms with Crippen molar-refractivity contribution in [1.82, 2.24) is 0 Å². The molecule has 0 radical (unpaired) electrons. The standard InChI is InChI=1S/C18H28O5/c1-12(15(19)23-17(2,3)4)22-14-10-8-9-13(11-14)18(5,6)16(20)21-7/h8,10-13H,9H2,1-7H3/t12-,13+/m0/s1. The molecule has 0 bridgehead atoms. The van der Waals surface area contributed by atoms with Gasteiger partial charge in [0.15, 0.2) is 6.10 Å². The van der Waals surface area contributed by atoms with E-state index in [1.54, 1.807) is 6.92 Å². The van der Waals surface area contributed by atoms with Crippen molar-refractivity contribution in [2.75, 3.05) is 7.11 Å². The Bertz CT molecular complexity index is 508. The molecule has 5 nitrogen and oxygen atoms in total. The van der Waals surface area contributed by atoms with Gasteiger partial charge in [0, 0.05) is 0 Å². The summed E-state index contributed by atoms with van der Waals surface area (Å²) in [4.78, 5) is 23.9. The summed E-state index contributed by atoms with van der Waals surface area (Å²) in [5.74, 6) is -0.174. The van der Waals surface area contributed by atoms with Gasteiger partial charge in [0.25, 0.3) is 0 Å². The van der Waals surface area contributed by atoms with Gasteiger partial charge in [0.05, 0.1) is 12.5 Å². The molecule has 0 N–H and O–H groups in total. The zero-order valence-electron chi connectivity index (χ0n) is 15.1. The highest BCUT2D eigenvalue weighted by Gasteiger charge is 2.37. The molecule has 1 rings (SSSR count). The highest BCUT2D eigenvalue weighted by Crippen LogP contribution is 2.35. The predicted molar refractivity (Wildman–Crippen MR) is 87.5 cm³/mol. The number of methoxy groups -OCH3 is 1. The van der Waals surface area contributed by atoms with Gasteiger partial charge in [-0.25, -0.2) is 4.79 Å². The van der Waals surface area contributed by atoms with Crippen molar-refractivity contribution in [2.45, 2.75) is 59.7 Å². The van der Waals surface area contributed by atoms with Crippen molar-refractivity contribution in [3.05, 3.63) is 24.0 Å². The van der Waals surface area contributed by atoms with Gasteiger partial charge in [-0.15, -0.1) is 0 Å². The van der Waals surface area contributed by atoms with E-state index in [1.807, 2.05) is 52.8 Å². The minimum absolute atomic E-state index is 0.0548. The van der Waals surface area contributed by atoms with E-state index < -0.39 is 23.1 Å². The largest absolute Gasteiger partial charge is 0.479 e. The van der Waals surface area contributed by atoms with E-state index >= 15 is 0 Å². The van der Waals surface area contributed by atoms with E-state index in [9.17, 15) is 9.59 Å². The van der Waals surface area contributed by atoms with E-state index in [1.165, 1.54) is 7.11 Å². The highest BCUT2D eigenvalue weighted by atomic mass is 16.6. The lowest BCUT2D eigenvalue weighted by molar-refractivity contribution is -0.165. The van der Waals surface area contributed by atoms with Crippen molar-refractivity contribution >= 4 is 11.9 Å². The van der Waals surface area contributed by atoms with E-state index in [0.717, 1.165) is 6.42 Å². The summed E-state index contributed by atoms with van der Waals surface area (Å²) in [6.07, 6.45) is 5.62. The molecule has 0 aliphatic heterocycles. The molecular weight excluding hydrogens is 296 g/mol. The van der Waals surface area contributed by atoms with Gasteiger partial charge in [-0.2, -0.15) is 0 Å². The zero-order valence-corrected chi connectivity index (χ0v) is 15.1. The lowest BCUT2D eigenvalue weighted by Crippen LogP contribution is -2.34. The second-order valence-corrected chi connectivity index (χ2v) is 7.32. The number of hydrogen-bond donors (Lipinski definition) is 0. The minimum Gasteiger partial charge on any atom is -0.479 e. The number of carbonyl (C=O) groups is 2. The average molecular weight is 324 g/mol. The molecule has 5 heteroatoms. The summed E-state index contributed by atoms with van der Waals surface area (Å²) in [6, 6.07) is 0. The molecule has 2 atom stereocenters. The number of hydrogen-bond acceptors (Lipinski definition) is 5. The van der Waals surface area contributed by atoms with E-state index in [0.29, 0.717) is 5.76 Å². The molecule has 0 saturated heterocycles. The molecule has 0 amide bonds. The summed E-state index contributed by atoms with van der Waals surface area (Å²) in [5, 5.41) is 0. The molecule has 0 aromatic heterocycles. The van der Waals surface area contributed by atoms with Crippen molar-refractivity contribution < 1.29 is 23.8 Å².